The fourth-order valence-electron chi connectivity index (χ4n) is 2.41. The molecule has 0 saturated carbocycles. The van der Waals surface area contributed by atoms with E-state index in [-0.39, 0.29) is 29.9 Å². The largest absolute Gasteiger partial charge is 0.349 e. The second-order valence-corrected chi connectivity index (χ2v) is 8.12. The summed E-state index contributed by atoms with van der Waals surface area (Å²) in [7, 11) is 0.332. The molecule has 0 radical (unpaired) electrons. The first-order valence-electron chi connectivity index (χ1n) is 7.05. The molecule has 122 valence electrons. The van der Waals surface area contributed by atoms with Crippen LogP contribution in [0.2, 0.25) is 0 Å². The van der Waals surface area contributed by atoms with Crippen LogP contribution < -0.4 is 5.73 Å². The van der Waals surface area contributed by atoms with Crippen molar-refractivity contribution >= 4 is 21.7 Å². The van der Waals surface area contributed by atoms with Crippen LogP contribution in [0.4, 0.5) is 0 Å². The zero-order valence-corrected chi connectivity index (χ0v) is 13.7. The average molecular weight is 319 g/mol. The van der Waals surface area contributed by atoms with Crippen LogP contribution in [0, 0.1) is 5.92 Å². The molecule has 1 aliphatic rings. The maximum atomic E-state index is 12.1. The third-order valence-electron chi connectivity index (χ3n) is 3.71. The van der Waals surface area contributed by atoms with Crippen molar-refractivity contribution < 1.29 is 18.0 Å². The van der Waals surface area contributed by atoms with Crippen molar-refractivity contribution in [2.45, 2.75) is 25.3 Å². The van der Waals surface area contributed by atoms with Crippen molar-refractivity contribution in [2.24, 2.45) is 11.7 Å². The van der Waals surface area contributed by atoms with Crippen LogP contribution in [-0.2, 0) is 19.4 Å². The van der Waals surface area contributed by atoms with Crippen molar-refractivity contribution in [2.75, 3.05) is 39.2 Å². The molecule has 0 aromatic rings. The van der Waals surface area contributed by atoms with Crippen LogP contribution in [0.1, 0.15) is 19.3 Å². The summed E-state index contributed by atoms with van der Waals surface area (Å²) in [5, 5.41) is 0. The molecule has 2 N–H and O–H groups in total. The van der Waals surface area contributed by atoms with E-state index >= 15 is 0 Å². The Bertz CT molecular complexity index is 482. The van der Waals surface area contributed by atoms with Crippen molar-refractivity contribution in [3.63, 3.8) is 0 Å². The van der Waals surface area contributed by atoms with E-state index in [4.69, 9.17) is 5.73 Å². The summed E-state index contributed by atoms with van der Waals surface area (Å²) in [6, 6.07) is -0.791. The minimum Gasteiger partial charge on any atom is -0.349 e. The van der Waals surface area contributed by atoms with Gasteiger partial charge in [0.2, 0.25) is 11.8 Å². The Labute approximate surface area is 126 Å². The first-order chi connectivity index (χ1) is 9.61. The predicted octanol–water partition coefficient (Wildman–Crippen LogP) is -0.925. The van der Waals surface area contributed by atoms with Crippen molar-refractivity contribution in [1.82, 2.24) is 9.80 Å². The third-order valence-corrected chi connectivity index (χ3v) is 4.69. The number of carbonyl (C=O) groups is 2. The molecule has 1 atom stereocenters. The molecule has 21 heavy (non-hydrogen) atoms. The first kappa shape index (κ1) is 17.9. The van der Waals surface area contributed by atoms with Gasteiger partial charge in [-0.1, -0.05) is 0 Å². The van der Waals surface area contributed by atoms with Crippen LogP contribution in [0.5, 0.6) is 0 Å². The highest BCUT2D eigenvalue weighted by atomic mass is 32.2. The molecule has 1 unspecified atom stereocenters. The summed E-state index contributed by atoms with van der Waals surface area (Å²) in [5.41, 5.74) is 5.77. The van der Waals surface area contributed by atoms with Crippen molar-refractivity contribution in [3.8, 4) is 0 Å². The van der Waals surface area contributed by atoms with E-state index in [2.05, 4.69) is 0 Å². The molecule has 1 rings (SSSR count). The molecule has 0 aromatic carbocycles. The Balaban J connectivity index is 2.46. The molecule has 1 heterocycles. The lowest BCUT2D eigenvalue weighted by atomic mass is 9.95. The van der Waals surface area contributed by atoms with Gasteiger partial charge in [0.25, 0.3) is 0 Å². The number of amides is 2. The standard InChI is InChI=1S/C13H25N3O4S/c1-15(2)12(17)10-4-7-16(8-5-10)13(18)11(14)6-9-21(3,19)20/h10-11H,4-9,14H2,1-3H3. The number of piperidine rings is 1. The second kappa shape index (κ2) is 7.22. The van der Waals surface area contributed by atoms with Crippen LogP contribution in [0.15, 0.2) is 0 Å². The summed E-state index contributed by atoms with van der Waals surface area (Å²) in [6.45, 7) is 0.991. The molecule has 1 saturated heterocycles. The van der Waals surface area contributed by atoms with E-state index < -0.39 is 15.9 Å². The second-order valence-electron chi connectivity index (χ2n) is 5.86. The normalized spacial score (nSPS) is 18.4. The smallest absolute Gasteiger partial charge is 0.239 e. The lowest BCUT2D eigenvalue weighted by molar-refractivity contribution is -0.139. The van der Waals surface area contributed by atoms with E-state index in [0.29, 0.717) is 25.9 Å². The highest BCUT2D eigenvalue weighted by Gasteiger charge is 2.30. The maximum absolute atomic E-state index is 12.1. The Hall–Kier alpha value is -1.15. The Morgan fingerprint density at radius 3 is 2.24 bits per heavy atom. The van der Waals surface area contributed by atoms with Gasteiger partial charge in [0.15, 0.2) is 0 Å². The molecule has 0 bridgehead atoms. The SMILES string of the molecule is CN(C)C(=O)C1CCN(C(=O)C(N)CCS(C)(=O)=O)CC1. The van der Waals surface area contributed by atoms with Crippen LogP contribution in [0.3, 0.4) is 0 Å². The van der Waals surface area contributed by atoms with Crippen LogP contribution in [0.25, 0.3) is 0 Å². The number of nitrogens with zero attached hydrogens (tertiary/aromatic N) is 2. The molecule has 7 nitrogen and oxygen atoms in total. The number of carbonyl (C=O) groups excluding carboxylic acids is 2. The number of rotatable bonds is 5. The monoisotopic (exact) mass is 319 g/mol. The van der Waals surface area contributed by atoms with Gasteiger partial charge in [-0.2, -0.15) is 0 Å². The molecular weight excluding hydrogens is 294 g/mol. The predicted molar refractivity (Wildman–Crippen MR) is 80.3 cm³/mol. The molecule has 1 fully saturated rings. The zero-order chi connectivity index (χ0) is 16.2. The molecule has 0 aliphatic carbocycles. The minimum atomic E-state index is -3.11. The summed E-state index contributed by atoms with van der Waals surface area (Å²) in [6.07, 6.45) is 2.51. The third kappa shape index (κ3) is 5.62. The summed E-state index contributed by atoms with van der Waals surface area (Å²) in [4.78, 5) is 27.2. The highest BCUT2D eigenvalue weighted by Crippen LogP contribution is 2.19. The van der Waals surface area contributed by atoms with Gasteiger partial charge in [-0.25, -0.2) is 8.42 Å². The Morgan fingerprint density at radius 1 is 1.29 bits per heavy atom. The van der Waals surface area contributed by atoms with Gasteiger partial charge in [0.1, 0.15) is 9.84 Å². The van der Waals surface area contributed by atoms with Gasteiger partial charge in [-0.05, 0) is 19.3 Å². The van der Waals surface area contributed by atoms with Crippen molar-refractivity contribution in [3.05, 3.63) is 0 Å². The number of likely N-dealkylation sites (tertiary alicyclic amines) is 1. The minimum absolute atomic E-state index is 0.0451. The quantitative estimate of drug-likeness (QED) is 0.706. The molecule has 0 spiro atoms. The summed E-state index contributed by atoms with van der Waals surface area (Å²) < 4.78 is 22.2. The van der Waals surface area contributed by atoms with Gasteiger partial charge in [0.05, 0.1) is 11.8 Å². The van der Waals surface area contributed by atoms with Gasteiger partial charge in [0, 0.05) is 39.4 Å². The van der Waals surface area contributed by atoms with Crippen LogP contribution >= 0.6 is 0 Å². The molecule has 1 aliphatic heterocycles. The van der Waals surface area contributed by atoms with E-state index in [1.54, 1.807) is 23.9 Å². The summed E-state index contributed by atoms with van der Waals surface area (Å²) >= 11 is 0. The molecule has 8 heteroatoms. The van der Waals surface area contributed by atoms with Crippen molar-refractivity contribution in [1.29, 1.82) is 0 Å². The van der Waals surface area contributed by atoms with Crippen LogP contribution in [-0.4, -0.2) is 75.3 Å². The lowest BCUT2D eigenvalue weighted by Crippen LogP contribution is -2.49. The number of hydrogen-bond acceptors (Lipinski definition) is 5. The Morgan fingerprint density at radius 2 is 1.81 bits per heavy atom. The molecule has 0 aromatic heterocycles. The number of sulfone groups is 1. The van der Waals surface area contributed by atoms with E-state index in [0.717, 1.165) is 6.26 Å². The van der Waals surface area contributed by atoms with Gasteiger partial charge < -0.3 is 15.5 Å². The van der Waals surface area contributed by atoms with Gasteiger partial charge in [-0.3, -0.25) is 9.59 Å². The number of hydrogen-bond donors (Lipinski definition) is 1. The average Bonchev–Trinajstić information content (AvgIpc) is 2.42. The Kier molecular flexibility index (Phi) is 6.15. The zero-order valence-electron chi connectivity index (χ0n) is 12.9. The van der Waals surface area contributed by atoms with E-state index in [1.807, 2.05) is 0 Å². The van der Waals surface area contributed by atoms with E-state index in [1.165, 1.54) is 0 Å². The van der Waals surface area contributed by atoms with E-state index in [9.17, 15) is 18.0 Å². The fraction of sp³-hybridized carbons (Fsp3) is 0.846. The topological polar surface area (TPSA) is 101 Å². The number of nitrogens with two attached hydrogens (primary N) is 1. The highest BCUT2D eigenvalue weighted by molar-refractivity contribution is 7.90. The summed E-state index contributed by atoms with van der Waals surface area (Å²) in [5.74, 6) is -0.274. The molecular formula is C13H25N3O4S. The van der Waals surface area contributed by atoms with Gasteiger partial charge in [-0.15, -0.1) is 0 Å². The molecule has 2 amide bonds. The van der Waals surface area contributed by atoms with Gasteiger partial charge >= 0.3 is 0 Å². The first-order valence-corrected chi connectivity index (χ1v) is 9.11. The lowest BCUT2D eigenvalue weighted by Gasteiger charge is -2.33. The fourth-order valence-corrected chi connectivity index (χ4v) is 3.09. The maximum Gasteiger partial charge on any atom is 0.239 e.